The van der Waals surface area contributed by atoms with Gasteiger partial charge in [-0.1, -0.05) is 6.07 Å². The van der Waals surface area contributed by atoms with E-state index in [0.717, 1.165) is 6.61 Å². The molecule has 1 heterocycles. The predicted octanol–water partition coefficient (Wildman–Crippen LogP) is 1.37. The van der Waals surface area contributed by atoms with Gasteiger partial charge in [0.1, 0.15) is 18.5 Å². The summed E-state index contributed by atoms with van der Waals surface area (Å²) in [6.07, 6.45) is 0.161. The van der Waals surface area contributed by atoms with Gasteiger partial charge in [0.25, 0.3) is 5.69 Å². The minimum atomic E-state index is -0.444. The van der Waals surface area contributed by atoms with Crippen molar-refractivity contribution in [3.05, 3.63) is 34.4 Å². The number of ether oxygens (including phenoxy) is 2. The van der Waals surface area contributed by atoms with Crippen molar-refractivity contribution in [2.45, 2.75) is 6.10 Å². The third-order valence-electron chi connectivity index (χ3n) is 1.87. The first-order chi connectivity index (χ1) is 6.75. The van der Waals surface area contributed by atoms with E-state index >= 15 is 0 Å². The number of hydrogen-bond donors (Lipinski definition) is 0. The molecule has 74 valence electrons. The minimum absolute atomic E-state index is 0.0409. The average molecular weight is 195 g/mol. The zero-order valence-corrected chi connectivity index (χ0v) is 7.38. The number of nitro groups is 1. The molecule has 0 N–H and O–H groups in total. The summed E-state index contributed by atoms with van der Waals surface area (Å²) in [5, 5.41) is 10.4. The molecule has 0 amide bonds. The molecule has 5 heteroatoms. The summed E-state index contributed by atoms with van der Waals surface area (Å²) in [4.78, 5) is 9.98. The Labute approximate surface area is 80.4 Å². The van der Waals surface area contributed by atoms with Crippen LogP contribution in [0.3, 0.4) is 0 Å². The van der Waals surface area contributed by atoms with Crippen molar-refractivity contribution in [1.29, 1.82) is 0 Å². The lowest BCUT2D eigenvalue weighted by atomic mass is 10.3. The van der Waals surface area contributed by atoms with E-state index in [0.29, 0.717) is 12.4 Å². The molecule has 14 heavy (non-hydrogen) atoms. The number of nitro benzene ring substituents is 1. The molecule has 0 bridgehead atoms. The van der Waals surface area contributed by atoms with Crippen molar-refractivity contribution < 1.29 is 14.4 Å². The number of hydrogen-bond acceptors (Lipinski definition) is 4. The number of nitrogens with zero attached hydrogens (tertiary/aromatic N) is 1. The zero-order valence-electron chi connectivity index (χ0n) is 7.38. The molecular weight excluding hydrogens is 186 g/mol. The van der Waals surface area contributed by atoms with E-state index in [2.05, 4.69) is 0 Å². The molecular formula is C9H9NO4. The van der Waals surface area contributed by atoms with E-state index in [4.69, 9.17) is 9.47 Å². The molecule has 0 saturated carbocycles. The van der Waals surface area contributed by atoms with Crippen molar-refractivity contribution in [3.63, 3.8) is 0 Å². The largest absolute Gasteiger partial charge is 0.491 e. The van der Waals surface area contributed by atoms with E-state index in [1.165, 1.54) is 12.1 Å². The van der Waals surface area contributed by atoms with Gasteiger partial charge in [-0.2, -0.15) is 0 Å². The smallest absolute Gasteiger partial charge is 0.273 e. The topological polar surface area (TPSA) is 64.9 Å². The quantitative estimate of drug-likeness (QED) is 0.413. The molecule has 1 fully saturated rings. The lowest BCUT2D eigenvalue weighted by molar-refractivity contribution is -0.384. The van der Waals surface area contributed by atoms with Crippen LogP contribution < -0.4 is 4.74 Å². The van der Waals surface area contributed by atoms with E-state index < -0.39 is 4.92 Å². The summed E-state index contributed by atoms with van der Waals surface area (Å²) in [5.74, 6) is 0.509. The lowest BCUT2D eigenvalue weighted by Crippen LogP contribution is -2.04. The maximum atomic E-state index is 10.4. The van der Waals surface area contributed by atoms with Crippen LogP contribution in [0, 0.1) is 10.1 Å². The van der Waals surface area contributed by atoms with Crippen LogP contribution in [0.1, 0.15) is 0 Å². The molecule has 0 aliphatic carbocycles. The fourth-order valence-electron chi connectivity index (χ4n) is 1.04. The number of rotatable bonds is 4. The molecule has 0 unspecified atom stereocenters. The molecule has 1 aliphatic rings. The second-order valence-electron chi connectivity index (χ2n) is 3.02. The molecule has 0 radical (unpaired) electrons. The SMILES string of the molecule is O=[N+]([O-])c1cccc(OC[C@H]2CO2)c1. The molecule has 2 rings (SSSR count). The standard InChI is InChI=1S/C9H9NO4/c11-10(12)7-2-1-3-8(4-7)13-5-9-6-14-9/h1-4,9H,5-6H2/t9-/m0/s1. The van der Waals surface area contributed by atoms with Crippen molar-refractivity contribution in [2.75, 3.05) is 13.2 Å². The highest BCUT2D eigenvalue weighted by molar-refractivity contribution is 5.37. The highest BCUT2D eigenvalue weighted by atomic mass is 16.6. The van der Waals surface area contributed by atoms with Gasteiger partial charge in [0.05, 0.1) is 17.6 Å². The van der Waals surface area contributed by atoms with Crippen LogP contribution in [-0.4, -0.2) is 24.2 Å². The van der Waals surface area contributed by atoms with E-state index in [1.54, 1.807) is 12.1 Å². The van der Waals surface area contributed by atoms with Gasteiger partial charge >= 0.3 is 0 Å². The molecule has 0 spiro atoms. The predicted molar refractivity (Wildman–Crippen MR) is 48.3 cm³/mol. The Hall–Kier alpha value is -1.62. The maximum absolute atomic E-state index is 10.4. The Bertz CT molecular complexity index is 348. The third-order valence-corrected chi connectivity index (χ3v) is 1.87. The monoisotopic (exact) mass is 195 g/mol. The summed E-state index contributed by atoms with van der Waals surface area (Å²) in [5.41, 5.74) is 0.0409. The van der Waals surface area contributed by atoms with Crippen LogP contribution in [0.5, 0.6) is 5.75 Å². The summed E-state index contributed by atoms with van der Waals surface area (Å²) in [6, 6.07) is 6.12. The van der Waals surface area contributed by atoms with Crippen LogP contribution in [0.2, 0.25) is 0 Å². The van der Waals surface area contributed by atoms with Crippen LogP contribution in [0.4, 0.5) is 5.69 Å². The normalized spacial score (nSPS) is 19.0. The second kappa shape index (κ2) is 3.63. The van der Waals surface area contributed by atoms with Crippen molar-refractivity contribution in [3.8, 4) is 5.75 Å². The highest BCUT2D eigenvalue weighted by Crippen LogP contribution is 2.20. The summed E-state index contributed by atoms with van der Waals surface area (Å²) < 4.78 is 10.2. The van der Waals surface area contributed by atoms with Crippen molar-refractivity contribution in [2.24, 2.45) is 0 Å². The van der Waals surface area contributed by atoms with Gasteiger partial charge < -0.3 is 9.47 Å². The molecule has 0 aromatic heterocycles. The minimum Gasteiger partial charge on any atom is -0.491 e. The van der Waals surface area contributed by atoms with E-state index in [-0.39, 0.29) is 11.8 Å². The zero-order chi connectivity index (χ0) is 9.97. The first-order valence-electron chi connectivity index (χ1n) is 4.24. The van der Waals surface area contributed by atoms with Gasteiger partial charge in [-0.15, -0.1) is 0 Å². The van der Waals surface area contributed by atoms with E-state index in [9.17, 15) is 10.1 Å². The molecule has 1 aromatic rings. The Morgan fingerprint density at radius 2 is 2.43 bits per heavy atom. The van der Waals surface area contributed by atoms with Gasteiger partial charge in [0, 0.05) is 6.07 Å². The molecule has 1 saturated heterocycles. The van der Waals surface area contributed by atoms with Crippen molar-refractivity contribution in [1.82, 2.24) is 0 Å². The lowest BCUT2D eigenvalue weighted by Gasteiger charge is -2.02. The number of benzene rings is 1. The summed E-state index contributed by atoms with van der Waals surface area (Å²) in [6.45, 7) is 1.18. The number of epoxide rings is 1. The molecule has 1 atom stereocenters. The summed E-state index contributed by atoms with van der Waals surface area (Å²) >= 11 is 0. The Kier molecular flexibility index (Phi) is 2.32. The first-order valence-corrected chi connectivity index (χ1v) is 4.24. The van der Waals surface area contributed by atoms with Crippen molar-refractivity contribution >= 4 is 5.69 Å². The Morgan fingerprint density at radius 1 is 1.64 bits per heavy atom. The maximum Gasteiger partial charge on any atom is 0.273 e. The highest BCUT2D eigenvalue weighted by Gasteiger charge is 2.23. The summed E-state index contributed by atoms with van der Waals surface area (Å²) in [7, 11) is 0. The molecule has 1 aliphatic heterocycles. The van der Waals surface area contributed by atoms with Crippen LogP contribution in [0.25, 0.3) is 0 Å². The third kappa shape index (κ3) is 2.20. The van der Waals surface area contributed by atoms with Crippen LogP contribution in [0.15, 0.2) is 24.3 Å². The second-order valence-corrected chi connectivity index (χ2v) is 3.02. The van der Waals surface area contributed by atoms with Gasteiger partial charge in [-0.3, -0.25) is 10.1 Å². The fourth-order valence-corrected chi connectivity index (χ4v) is 1.04. The first kappa shape index (κ1) is 8.96. The fraction of sp³-hybridized carbons (Fsp3) is 0.333. The van der Waals surface area contributed by atoms with Gasteiger partial charge in [-0.05, 0) is 6.07 Å². The van der Waals surface area contributed by atoms with Gasteiger partial charge in [-0.25, -0.2) is 0 Å². The molecule has 1 aromatic carbocycles. The van der Waals surface area contributed by atoms with Gasteiger partial charge in [0.15, 0.2) is 0 Å². The van der Waals surface area contributed by atoms with Gasteiger partial charge in [0.2, 0.25) is 0 Å². The average Bonchev–Trinajstić information content (AvgIpc) is 2.99. The Balaban J connectivity index is 2.01. The number of non-ortho nitro benzene ring substituents is 1. The van der Waals surface area contributed by atoms with Crippen LogP contribution >= 0.6 is 0 Å². The van der Waals surface area contributed by atoms with Crippen LogP contribution in [-0.2, 0) is 4.74 Å². The Morgan fingerprint density at radius 3 is 3.07 bits per heavy atom. The van der Waals surface area contributed by atoms with E-state index in [1.807, 2.05) is 0 Å². The molecule has 5 nitrogen and oxygen atoms in total.